The first kappa shape index (κ1) is 9.46. The van der Waals surface area contributed by atoms with Gasteiger partial charge >= 0.3 is 0 Å². The standard InChI is InChI=1S/C15H15N/c1-12-6-5-9-15-14(12)10-11-16(15)13-7-3-2-4-8-13/h2-9H,10-11H2,1H3. The van der Waals surface area contributed by atoms with Crippen LogP contribution in [0.3, 0.4) is 0 Å². The van der Waals surface area contributed by atoms with Gasteiger partial charge < -0.3 is 4.90 Å². The van der Waals surface area contributed by atoms with E-state index in [1.807, 2.05) is 0 Å². The molecular formula is C15H15N. The lowest BCUT2D eigenvalue weighted by atomic mass is 10.1. The summed E-state index contributed by atoms with van der Waals surface area (Å²) in [6.07, 6.45) is 1.16. The van der Waals surface area contributed by atoms with Crippen molar-refractivity contribution in [2.24, 2.45) is 0 Å². The summed E-state index contributed by atoms with van der Waals surface area (Å²) in [4.78, 5) is 2.41. The Morgan fingerprint density at radius 3 is 2.56 bits per heavy atom. The molecule has 0 N–H and O–H groups in total. The zero-order valence-corrected chi connectivity index (χ0v) is 9.48. The molecule has 0 unspecified atom stereocenters. The van der Waals surface area contributed by atoms with Crippen molar-refractivity contribution in [2.45, 2.75) is 13.3 Å². The molecule has 0 spiro atoms. The van der Waals surface area contributed by atoms with Crippen LogP contribution in [0.15, 0.2) is 48.5 Å². The molecule has 0 saturated carbocycles. The molecule has 1 aliphatic heterocycles. The molecule has 0 bridgehead atoms. The van der Waals surface area contributed by atoms with Gasteiger partial charge in [-0.15, -0.1) is 0 Å². The van der Waals surface area contributed by atoms with Gasteiger partial charge in [0.2, 0.25) is 0 Å². The van der Waals surface area contributed by atoms with Crippen molar-refractivity contribution in [3.8, 4) is 0 Å². The minimum atomic E-state index is 1.10. The molecule has 1 aliphatic rings. The summed E-state index contributed by atoms with van der Waals surface area (Å²) in [6, 6.07) is 17.2. The van der Waals surface area contributed by atoms with E-state index in [1.165, 1.54) is 22.5 Å². The van der Waals surface area contributed by atoms with Crippen LogP contribution in [-0.2, 0) is 6.42 Å². The topological polar surface area (TPSA) is 3.24 Å². The number of para-hydroxylation sites is 1. The van der Waals surface area contributed by atoms with E-state index in [2.05, 4.69) is 60.4 Å². The van der Waals surface area contributed by atoms with Gasteiger partial charge in [0.15, 0.2) is 0 Å². The Balaban J connectivity index is 2.07. The minimum Gasteiger partial charge on any atom is -0.341 e. The van der Waals surface area contributed by atoms with Gasteiger partial charge in [0, 0.05) is 17.9 Å². The van der Waals surface area contributed by atoms with Gasteiger partial charge in [-0.2, -0.15) is 0 Å². The van der Waals surface area contributed by atoms with Gasteiger partial charge in [-0.05, 0) is 42.7 Å². The van der Waals surface area contributed by atoms with Crippen molar-refractivity contribution in [1.82, 2.24) is 0 Å². The number of fused-ring (bicyclic) bond motifs is 1. The Morgan fingerprint density at radius 2 is 1.75 bits per heavy atom. The van der Waals surface area contributed by atoms with Gasteiger partial charge in [-0.3, -0.25) is 0 Å². The summed E-state index contributed by atoms with van der Waals surface area (Å²) in [5.74, 6) is 0. The van der Waals surface area contributed by atoms with E-state index in [9.17, 15) is 0 Å². The van der Waals surface area contributed by atoms with Crippen molar-refractivity contribution in [2.75, 3.05) is 11.4 Å². The zero-order chi connectivity index (χ0) is 11.0. The minimum absolute atomic E-state index is 1.10. The lowest BCUT2D eigenvalue weighted by Gasteiger charge is -2.19. The van der Waals surface area contributed by atoms with Crippen LogP contribution in [0.25, 0.3) is 0 Å². The van der Waals surface area contributed by atoms with Crippen LogP contribution in [-0.4, -0.2) is 6.54 Å². The van der Waals surface area contributed by atoms with Crippen molar-refractivity contribution in [1.29, 1.82) is 0 Å². The third-order valence-corrected chi connectivity index (χ3v) is 3.33. The molecule has 2 aromatic rings. The molecule has 1 nitrogen and oxygen atoms in total. The highest BCUT2D eigenvalue weighted by Crippen LogP contribution is 2.35. The molecular weight excluding hydrogens is 194 g/mol. The first-order valence-electron chi connectivity index (χ1n) is 5.77. The van der Waals surface area contributed by atoms with Crippen LogP contribution < -0.4 is 4.90 Å². The predicted molar refractivity (Wildman–Crippen MR) is 68.3 cm³/mol. The summed E-state index contributed by atoms with van der Waals surface area (Å²) < 4.78 is 0. The smallest absolute Gasteiger partial charge is 0.0446 e. The van der Waals surface area contributed by atoms with Crippen molar-refractivity contribution in [3.63, 3.8) is 0 Å². The highest BCUT2D eigenvalue weighted by molar-refractivity contribution is 5.70. The number of hydrogen-bond donors (Lipinski definition) is 0. The van der Waals surface area contributed by atoms with E-state index in [0.717, 1.165) is 13.0 Å². The highest BCUT2D eigenvalue weighted by Gasteiger charge is 2.20. The van der Waals surface area contributed by atoms with Crippen LogP contribution in [0.2, 0.25) is 0 Å². The Bertz CT molecular complexity index is 502. The maximum Gasteiger partial charge on any atom is 0.0446 e. The van der Waals surface area contributed by atoms with E-state index in [0.29, 0.717) is 0 Å². The van der Waals surface area contributed by atoms with Crippen LogP contribution in [0.4, 0.5) is 11.4 Å². The molecule has 1 heteroatoms. The zero-order valence-electron chi connectivity index (χ0n) is 9.48. The summed E-state index contributed by atoms with van der Waals surface area (Å²) in [6.45, 7) is 3.30. The molecule has 2 aromatic carbocycles. The predicted octanol–water partition coefficient (Wildman–Crippen LogP) is 3.69. The summed E-state index contributed by atoms with van der Waals surface area (Å²) in [5.41, 5.74) is 5.60. The number of hydrogen-bond acceptors (Lipinski definition) is 1. The van der Waals surface area contributed by atoms with Crippen LogP contribution in [0.1, 0.15) is 11.1 Å². The highest BCUT2D eigenvalue weighted by atomic mass is 15.2. The SMILES string of the molecule is Cc1cccc2c1CCN2c1ccccc1. The maximum atomic E-state index is 2.41. The van der Waals surface area contributed by atoms with Gasteiger partial charge in [-0.1, -0.05) is 30.3 Å². The van der Waals surface area contributed by atoms with Gasteiger partial charge in [0.1, 0.15) is 0 Å². The molecule has 0 radical (unpaired) electrons. The Kier molecular flexibility index (Phi) is 2.17. The fourth-order valence-electron chi connectivity index (χ4n) is 2.49. The first-order valence-corrected chi connectivity index (χ1v) is 5.77. The number of anilines is 2. The molecule has 0 aromatic heterocycles. The lowest BCUT2D eigenvalue weighted by molar-refractivity contribution is 0.994. The maximum absolute atomic E-state index is 2.41. The molecule has 0 fully saturated rings. The average molecular weight is 209 g/mol. The summed E-state index contributed by atoms with van der Waals surface area (Å²) >= 11 is 0. The second-order valence-corrected chi connectivity index (χ2v) is 4.31. The van der Waals surface area contributed by atoms with Crippen molar-refractivity contribution < 1.29 is 0 Å². The molecule has 80 valence electrons. The normalized spacial score (nSPS) is 13.9. The fraction of sp³-hybridized carbons (Fsp3) is 0.200. The van der Waals surface area contributed by atoms with Gasteiger partial charge in [0.25, 0.3) is 0 Å². The number of aryl methyl sites for hydroxylation is 1. The molecule has 0 amide bonds. The quantitative estimate of drug-likeness (QED) is 0.692. The lowest BCUT2D eigenvalue weighted by Crippen LogP contribution is -2.12. The van der Waals surface area contributed by atoms with Crippen LogP contribution in [0, 0.1) is 6.92 Å². The fourth-order valence-corrected chi connectivity index (χ4v) is 2.49. The Morgan fingerprint density at radius 1 is 0.938 bits per heavy atom. The largest absolute Gasteiger partial charge is 0.341 e. The van der Waals surface area contributed by atoms with Crippen LogP contribution in [0.5, 0.6) is 0 Å². The summed E-state index contributed by atoms with van der Waals surface area (Å²) in [7, 11) is 0. The number of rotatable bonds is 1. The van der Waals surface area contributed by atoms with Crippen LogP contribution >= 0.6 is 0 Å². The van der Waals surface area contributed by atoms with E-state index in [4.69, 9.17) is 0 Å². The Hall–Kier alpha value is -1.76. The molecule has 1 heterocycles. The first-order chi connectivity index (χ1) is 7.86. The third kappa shape index (κ3) is 1.40. The van der Waals surface area contributed by atoms with E-state index < -0.39 is 0 Å². The number of benzene rings is 2. The van der Waals surface area contributed by atoms with Gasteiger partial charge in [-0.25, -0.2) is 0 Å². The molecule has 16 heavy (non-hydrogen) atoms. The molecule has 0 atom stereocenters. The second-order valence-electron chi connectivity index (χ2n) is 4.31. The molecule has 3 rings (SSSR count). The average Bonchev–Trinajstić information content (AvgIpc) is 2.75. The van der Waals surface area contributed by atoms with Gasteiger partial charge in [0.05, 0.1) is 0 Å². The number of nitrogens with zero attached hydrogens (tertiary/aromatic N) is 1. The molecule has 0 aliphatic carbocycles. The monoisotopic (exact) mass is 209 g/mol. The summed E-state index contributed by atoms with van der Waals surface area (Å²) in [5, 5.41) is 0. The van der Waals surface area contributed by atoms with Crippen molar-refractivity contribution in [3.05, 3.63) is 59.7 Å². The third-order valence-electron chi connectivity index (χ3n) is 3.33. The van der Waals surface area contributed by atoms with E-state index in [-0.39, 0.29) is 0 Å². The second kappa shape index (κ2) is 3.67. The Labute approximate surface area is 96.3 Å². The molecule has 0 saturated heterocycles. The van der Waals surface area contributed by atoms with Crippen molar-refractivity contribution >= 4 is 11.4 Å². The van der Waals surface area contributed by atoms with E-state index in [1.54, 1.807) is 0 Å². The van der Waals surface area contributed by atoms with E-state index >= 15 is 0 Å².